The highest BCUT2D eigenvalue weighted by molar-refractivity contribution is 7.16. The number of nitrogens with zero attached hydrogens (tertiary/aromatic N) is 3. The number of thiazole rings is 1. The lowest BCUT2D eigenvalue weighted by Gasteiger charge is -2.07. The lowest BCUT2D eigenvalue weighted by Crippen LogP contribution is -2.05. The molecule has 0 aliphatic rings. The Balaban J connectivity index is 1.92. The van der Waals surface area contributed by atoms with E-state index in [2.05, 4.69) is 25.6 Å². The van der Waals surface area contributed by atoms with Crippen molar-refractivity contribution in [1.82, 2.24) is 15.0 Å². The second-order valence-corrected chi connectivity index (χ2v) is 5.23. The molecule has 0 radical (unpaired) electrons. The summed E-state index contributed by atoms with van der Waals surface area (Å²) in [5.74, 6) is 1.48. The van der Waals surface area contributed by atoms with Gasteiger partial charge in [-0.15, -0.1) is 22.7 Å². The average Bonchev–Trinajstić information content (AvgIpc) is 3.06. The summed E-state index contributed by atoms with van der Waals surface area (Å²) in [6.45, 7) is 0.675. The van der Waals surface area contributed by atoms with Crippen LogP contribution in [-0.2, 0) is 6.54 Å². The lowest BCUT2D eigenvalue weighted by atomic mass is 10.3. The van der Waals surface area contributed by atoms with Crippen molar-refractivity contribution in [3.8, 4) is 0 Å². The van der Waals surface area contributed by atoms with E-state index in [1.54, 1.807) is 22.7 Å². The summed E-state index contributed by atoms with van der Waals surface area (Å²) in [6, 6.07) is 2.03. The van der Waals surface area contributed by atoms with Crippen molar-refractivity contribution in [2.45, 2.75) is 6.54 Å². The normalized spacial score (nSPS) is 10.7. The molecule has 0 amide bonds. The van der Waals surface area contributed by atoms with E-state index in [-0.39, 0.29) is 0 Å². The van der Waals surface area contributed by atoms with Gasteiger partial charge in [-0.3, -0.25) is 0 Å². The number of thiophene rings is 1. The second-order valence-electron chi connectivity index (χ2n) is 3.62. The van der Waals surface area contributed by atoms with E-state index in [0.717, 1.165) is 21.7 Å². The first-order valence-electron chi connectivity index (χ1n) is 5.41. The molecule has 92 valence electrons. The van der Waals surface area contributed by atoms with Gasteiger partial charge < -0.3 is 10.6 Å². The molecule has 0 saturated heterocycles. The first kappa shape index (κ1) is 11.4. The number of rotatable bonds is 4. The van der Waals surface area contributed by atoms with Gasteiger partial charge in [-0.2, -0.15) is 4.98 Å². The van der Waals surface area contributed by atoms with Crippen LogP contribution in [0.5, 0.6) is 0 Å². The van der Waals surface area contributed by atoms with E-state index in [9.17, 15) is 0 Å². The van der Waals surface area contributed by atoms with Gasteiger partial charge in [0.25, 0.3) is 0 Å². The van der Waals surface area contributed by atoms with Crippen molar-refractivity contribution < 1.29 is 0 Å². The maximum atomic E-state index is 4.44. The number of anilines is 2. The third-order valence-corrected chi connectivity index (χ3v) is 3.91. The first-order chi connectivity index (χ1) is 8.86. The number of fused-ring (bicyclic) bond motifs is 1. The predicted octanol–water partition coefficient (Wildman–Crippen LogP) is 2.80. The van der Waals surface area contributed by atoms with Crippen molar-refractivity contribution in [2.24, 2.45) is 0 Å². The average molecular weight is 277 g/mol. The lowest BCUT2D eigenvalue weighted by molar-refractivity contribution is 1.05. The molecule has 2 N–H and O–H groups in total. The molecular formula is C11H11N5S2. The molecular weight excluding hydrogens is 266 g/mol. The van der Waals surface area contributed by atoms with Gasteiger partial charge in [0.15, 0.2) is 0 Å². The van der Waals surface area contributed by atoms with E-state index in [0.29, 0.717) is 12.5 Å². The van der Waals surface area contributed by atoms with Crippen LogP contribution in [0.3, 0.4) is 0 Å². The van der Waals surface area contributed by atoms with Crippen LogP contribution in [0.25, 0.3) is 10.2 Å². The van der Waals surface area contributed by atoms with E-state index in [1.807, 2.05) is 29.4 Å². The highest BCUT2D eigenvalue weighted by atomic mass is 32.1. The van der Waals surface area contributed by atoms with Gasteiger partial charge in [0, 0.05) is 12.4 Å². The zero-order valence-electron chi connectivity index (χ0n) is 9.67. The molecule has 0 fully saturated rings. The topological polar surface area (TPSA) is 62.7 Å². The first-order valence-corrected chi connectivity index (χ1v) is 7.23. The van der Waals surface area contributed by atoms with Crippen LogP contribution in [0, 0.1) is 0 Å². The SMILES string of the molecule is CNc1nc(NCc2cscn2)c2ccsc2n1. The summed E-state index contributed by atoms with van der Waals surface area (Å²) in [7, 11) is 1.82. The summed E-state index contributed by atoms with van der Waals surface area (Å²) in [6.07, 6.45) is 0. The molecule has 7 heteroatoms. The molecule has 0 saturated carbocycles. The maximum absolute atomic E-state index is 4.44. The number of aromatic nitrogens is 3. The van der Waals surface area contributed by atoms with E-state index in [1.165, 1.54) is 0 Å². The van der Waals surface area contributed by atoms with Crippen LogP contribution in [0.15, 0.2) is 22.3 Å². The van der Waals surface area contributed by atoms with Crippen LogP contribution < -0.4 is 10.6 Å². The Kier molecular flexibility index (Phi) is 3.07. The highest BCUT2D eigenvalue weighted by Gasteiger charge is 2.08. The molecule has 0 aromatic carbocycles. The Morgan fingerprint density at radius 1 is 1.33 bits per heavy atom. The summed E-state index contributed by atoms with van der Waals surface area (Å²) >= 11 is 3.20. The minimum absolute atomic E-state index is 0.630. The van der Waals surface area contributed by atoms with Crippen LogP contribution in [0.2, 0.25) is 0 Å². The summed E-state index contributed by atoms with van der Waals surface area (Å²) in [4.78, 5) is 14.1. The zero-order chi connectivity index (χ0) is 12.4. The maximum Gasteiger partial charge on any atom is 0.225 e. The Bertz CT molecular complexity index is 647. The van der Waals surface area contributed by atoms with Gasteiger partial charge in [0.1, 0.15) is 10.6 Å². The van der Waals surface area contributed by atoms with E-state index < -0.39 is 0 Å². The minimum Gasteiger partial charge on any atom is -0.364 e. The predicted molar refractivity (Wildman–Crippen MR) is 76.4 cm³/mol. The number of hydrogen-bond donors (Lipinski definition) is 2. The van der Waals surface area contributed by atoms with E-state index >= 15 is 0 Å². The van der Waals surface area contributed by atoms with Crippen molar-refractivity contribution >= 4 is 44.7 Å². The monoisotopic (exact) mass is 277 g/mol. The zero-order valence-corrected chi connectivity index (χ0v) is 11.3. The molecule has 3 heterocycles. The van der Waals surface area contributed by atoms with Crippen LogP contribution >= 0.6 is 22.7 Å². The molecule has 0 aliphatic heterocycles. The summed E-state index contributed by atoms with van der Waals surface area (Å²) in [5, 5.41) is 11.4. The van der Waals surface area contributed by atoms with Crippen LogP contribution in [0.4, 0.5) is 11.8 Å². The fourth-order valence-corrected chi connectivity index (χ4v) is 2.92. The van der Waals surface area contributed by atoms with Crippen molar-refractivity contribution in [1.29, 1.82) is 0 Å². The number of nitrogens with one attached hydrogen (secondary N) is 2. The van der Waals surface area contributed by atoms with Crippen LogP contribution in [0.1, 0.15) is 5.69 Å². The minimum atomic E-state index is 0.630. The molecule has 3 aromatic heterocycles. The van der Waals surface area contributed by atoms with Crippen molar-refractivity contribution in [2.75, 3.05) is 17.7 Å². The van der Waals surface area contributed by atoms with Gasteiger partial charge in [0.05, 0.1) is 23.1 Å². The third kappa shape index (κ3) is 2.14. The van der Waals surface area contributed by atoms with Crippen LogP contribution in [-0.4, -0.2) is 22.0 Å². The molecule has 0 aliphatic carbocycles. The van der Waals surface area contributed by atoms with Crippen molar-refractivity contribution in [3.63, 3.8) is 0 Å². The largest absolute Gasteiger partial charge is 0.364 e. The van der Waals surface area contributed by atoms with Gasteiger partial charge in [-0.05, 0) is 11.4 Å². The standard InChI is InChI=1S/C11H11N5S2/c1-12-11-15-9(8-2-3-18-10(8)16-11)13-4-7-5-17-6-14-7/h2-3,5-6H,4H2,1H3,(H2,12,13,15,16). The molecule has 0 spiro atoms. The Labute approximate surface area is 112 Å². The highest BCUT2D eigenvalue weighted by Crippen LogP contribution is 2.26. The van der Waals surface area contributed by atoms with Gasteiger partial charge in [0.2, 0.25) is 5.95 Å². The van der Waals surface area contributed by atoms with Gasteiger partial charge in [-0.25, -0.2) is 9.97 Å². The molecule has 18 heavy (non-hydrogen) atoms. The molecule has 3 aromatic rings. The fraction of sp³-hybridized carbons (Fsp3) is 0.182. The smallest absolute Gasteiger partial charge is 0.225 e. The fourth-order valence-electron chi connectivity index (χ4n) is 1.60. The Hall–Kier alpha value is -1.73. The van der Waals surface area contributed by atoms with Crippen molar-refractivity contribution in [3.05, 3.63) is 28.0 Å². The molecule has 0 bridgehead atoms. The number of hydrogen-bond acceptors (Lipinski definition) is 7. The second kappa shape index (κ2) is 4.87. The summed E-state index contributed by atoms with van der Waals surface area (Å²) < 4.78 is 0. The summed E-state index contributed by atoms with van der Waals surface area (Å²) in [5.41, 5.74) is 2.85. The quantitative estimate of drug-likeness (QED) is 0.768. The van der Waals surface area contributed by atoms with Gasteiger partial charge >= 0.3 is 0 Å². The third-order valence-electron chi connectivity index (χ3n) is 2.47. The van der Waals surface area contributed by atoms with Gasteiger partial charge in [-0.1, -0.05) is 0 Å². The molecule has 0 atom stereocenters. The van der Waals surface area contributed by atoms with E-state index in [4.69, 9.17) is 0 Å². The molecule has 0 unspecified atom stereocenters. The molecule has 5 nitrogen and oxygen atoms in total. The molecule has 3 rings (SSSR count). The Morgan fingerprint density at radius 3 is 3.06 bits per heavy atom. The Morgan fingerprint density at radius 2 is 2.28 bits per heavy atom.